The highest BCUT2D eigenvalue weighted by Crippen LogP contribution is 2.28. The van der Waals surface area contributed by atoms with Crippen LogP contribution in [0.15, 0.2) is 34.0 Å². The van der Waals surface area contributed by atoms with Crippen molar-refractivity contribution in [2.75, 3.05) is 0 Å². The van der Waals surface area contributed by atoms with Gasteiger partial charge in [0.15, 0.2) is 5.16 Å². The average Bonchev–Trinajstić information content (AvgIpc) is 2.69. The molecule has 0 aliphatic carbocycles. The third kappa shape index (κ3) is 3.23. The Hall–Kier alpha value is -0.160. The van der Waals surface area contributed by atoms with Crippen molar-refractivity contribution in [3.8, 4) is 0 Å². The van der Waals surface area contributed by atoms with E-state index in [1.54, 1.807) is 18.0 Å². The minimum atomic E-state index is 0.475. The SMILES string of the molecule is Cn1c(CCl)cnc1SCc1ccc(Br)cc1Cl. The zero-order chi connectivity index (χ0) is 13.1. The fourth-order valence-electron chi connectivity index (χ4n) is 1.47. The predicted octanol–water partition coefficient (Wildman–Crippen LogP) is 4.87. The normalized spacial score (nSPS) is 10.9. The lowest BCUT2D eigenvalue weighted by Gasteiger charge is -2.06. The molecule has 0 unspecified atom stereocenters. The Bertz CT molecular complexity index is 557. The van der Waals surface area contributed by atoms with Gasteiger partial charge in [-0.1, -0.05) is 45.4 Å². The minimum absolute atomic E-state index is 0.475. The molecule has 1 aromatic heterocycles. The van der Waals surface area contributed by atoms with Crippen LogP contribution in [0.1, 0.15) is 11.3 Å². The zero-order valence-electron chi connectivity index (χ0n) is 9.66. The fraction of sp³-hybridized carbons (Fsp3) is 0.250. The highest BCUT2D eigenvalue weighted by Gasteiger charge is 2.08. The van der Waals surface area contributed by atoms with Gasteiger partial charge >= 0.3 is 0 Å². The Morgan fingerprint density at radius 1 is 1.44 bits per heavy atom. The first-order valence-corrected chi connectivity index (χ1v) is 7.94. The molecular weight excluding hydrogens is 355 g/mol. The van der Waals surface area contributed by atoms with E-state index in [2.05, 4.69) is 20.9 Å². The van der Waals surface area contributed by atoms with E-state index in [-0.39, 0.29) is 0 Å². The van der Waals surface area contributed by atoms with Crippen LogP contribution in [0.3, 0.4) is 0 Å². The van der Waals surface area contributed by atoms with Crippen LogP contribution < -0.4 is 0 Å². The van der Waals surface area contributed by atoms with E-state index in [1.807, 2.05) is 29.8 Å². The molecule has 96 valence electrons. The van der Waals surface area contributed by atoms with Gasteiger partial charge in [-0.2, -0.15) is 0 Å². The number of halogens is 3. The van der Waals surface area contributed by atoms with E-state index in [0.29, 0.717) is 5.88 Å². The van der Waals surface area contributed by atoms with Gasteiger partial charge in [-0.25, -0.2) is 4.98 Å². The number of hydrogen-bond acceptors (Lipinski definition) is 2. The molecule has 0 spiro atoms. The summed E-state index contributed by atoms with van der Waals surface area (Å²) in [5, 5.41) is 1.72. The number of nitrogens with zero attached hydrogens (tertiary/aromatic N) is 2. The number of imidazole rings is 1. The molecule has 0 aliphatic heterocycles. The number of thioether (sulfide) groups is 1. The fourth-order valence-corrected chi connectivity index (χ4v) is 3.51. The molecule has 18 heavy (non-hydrogen) atoms. The number of hydrogen-bond donors (Lipinski definition) is 0. The summed E-state index contributed by atoms with van der Waals surface area (Å²) in [7, 11) is 1.97. The van der Waals surface area contributed by atoms with Crippen molar-refractivity contribution in [2.24, 2.45) is 7.05 Å². The first kappa shape index (κ1) is 14.3. The molecule has 0 amide bonds. The van der Waals surface area contributed by atoms with Crippen LogP contribution in [-0.2, 0) is 18.7 Å². The average molecular weight is 366 g/mol. The number of aromatic nitrogens is 2. The Balaban J connectivity index is 2.09. The molecule has 0 bridgehead atoms. The summed E-state index contributed by atoms with van der Waals surface area (Å²) in [5.74, 6) is 1.27. The summed E-state index contributed by atoms with van der Waals surface area (Å²) < 4.78 is 2.99. The lowest BCUT2D eigenvalue weighted by Crippen LogP contribution is -1.95. The van der Waals surface area contributed by atoms with Gasteiger partial charge in [0.1, 0.15) is 0 Å². The van der Waals surface area contributed by atoms with Gasteiger partial charge in [0.05, 0.1) is 17.8 Å². The second-order valence-corrected chi connectivity index (χ2v) is 6.28. The molecule has 0 fully saturated rings. The standard InChI is InChI=1S/C12H11BrCl2N2S/c1-17-10(5-14)6-16-12(17)18-7-8-2-3-9(13)4-11(8)15/h2-4,6H,5,7H2,1H3. The highest BCUT2D eigenvalue weighted by molar-refractivity contribution is 9.10. The van der Waals surface area contributed by atoms with Crippen molar-refractivity contribution in [3.63, 3.8) is 0 Å². The summed E-state index contributed by atoms with van der Waals surface area (Å²) in [5.41, 5.74) is 2.11. The maximum absolute atomic E-state index is 6.18. The van der Waals surface area contributed by atoms with Crippen LogP contribution in [0.25, 0.3) is 0 Å². The van der Waals surface area contributed by atoms with E-state index in [4.69, 9.17) is 23.2 Å². The topological polar surface area (TPSA) is 17.8 Å². The van der Waals surface area contributed by atoms with Crippen LogP contribution in [0.5, 0.6) is 0 Å². The van der Waals surface area contributed by atoms with Crippen molar-refractivity contribution >= 4 is 50.9 Å². The van der Waals surface area contributed by atoms with E-state index < -0.39 is 0 Å². The van der Waals surface area contributed by atoms with Crippen LogP contribution in [-0.4, -0.2) is 9.55 Å². The molecule has 2 nitrogen and oxygen atoms in total. The van der Waals surface area contributed by atoms with Gasteiger partial charge in [0, 0.05) is 22.3 Å². The van der Waals surface area contributed by atoms with E-state index >= 15 is 0 Å². The number of alkyl halides is 1. The van der Waals surface area contributed by atoms with Crippen LogP contribution in [0, 0.1) is 0 Å². The molecule has 0 saturated carbocycles. The molecule has 2 rings (SSSR count). The molecule has 1 heterocycles. The van der Waals surface area contributed by atoms with Crippen molar-refractivity contribution < 1.29 is 0 Å². The van der Waals surface area contributed by atoms with Gasteiger partial charge in [0.25, 0.3) is 0 Å². The van der Waals surface area contributed by atoms with Gasteiger partial charge in [0.2, 0.25) is 0 Å². The van der Waals surface area contributed by atoms with Gasteiger partial charge < -0.3 is 4.57 Å². The summed E-state index contributed by atoms with van der Waals surface area (Å²) in [6, 6.07) is 5.91. The molecular formula is C12H11BrCl2N2S. The summed E-state index contributed by atoms with van der Waals surface area (Å²) >= 11 is 17.0. The maximum atomic E-state index is 6.18. The lowest BCUT2D eigenvalue weighted by atomic mass is 10.2. The zero-order valence-corrected chi connectivity index (χ0v) is 13.6. The summed E-state index contributed by atoms with van der Waals surface area (Å²) in [6.45, 7) is 0. The van der Waals surface area contributed by atoms with Crippen molar-refractivity contribution in [3.05, 3.63) is 45.1 Å². The van der Waals surface area contributed by atoms with Gasteiger partial charge in [-0.15, -0.1) is 11.6 Å². The molecule has 0 atom stereocenters. The van der Waals surface area contributed by atoms with Crippen LogP contribution in [0.2, 0.25) is 5.02 Å². The van der Waals surface area contributed by atoms with Crippen LogP contribution >= 0.6 is 50.9 Å². The Labute approximate surface area is 129 Å². The predicted molar refractivity (Wildman–Crippen MR) is 81.5 cm³/mol. The minimum Gasteiger partial charge on any atom is -0.325 e. The first-order chi connectivity index (χ1) is 8.61. The number of rotatable bonds is 4. The van der Waals surface area contributed by atoms with Gasteiger partial charge in [-0.3, -0.25) is 0 Å². The molecule has 0 radical (unpaired) electrons. The maximum Gasteiger partial charge on any atom is 0.168 e. The summed E-state index contributed by atoms with van der Waals surface area (Å²) in [4.78, 5) is 4.34. The number of benzene rings is 1. The second-order valence-electron chi connectivity index (χ2n) is 3.75. The van der Waals surface area contributed by atoms with Crippen molar-refractivity contribution in [1.82, 2.24) is 9.55 Å². The monoisotopic (exact) mass is 364 g/mol. The molecule has 0 saturated heterocycles. The lowest BCUT2D eigenvalue weighted by molar-refractivity contribution is 0.761. The third-order valence-corrected chi connectivity index (χ3v) is 4.76. The highest BCUT2D eigenvalue weighted by atomic mass is 79.9. The van der Waals surface area contributed by atoms with E-state index in [0.717, 1.165) is 31.7 Å². The van der Waals surface area contributed by atoms with Crippen LogP contribution in [0.4, 0.5) is 0 Å². The quantitative estimate of drug-likeness (QED) is 0.568. The Kier molecular flexibility index (Phi) is 5.01. The van der Waals surface area contributed by atoms with E-state index in [1.165, 1.54) is 0 Å². The Morgan fingerprint density at radius 3 is 2.83 bits per heavy atom. The van der Waals surface area contributed by atoms with Crippen molar-refractivity contribution in [2.45, 2.75) is 16.8 Å². The largest absolute Gasteiger partial charge is 0.325 e. The Morgan fingerprint density at radius 2 is 2.22 bits per heavy atom. The van der Waals surface area contributed by atoms with Crippen molar-refractivity contribution in [1.29, 1.82) is 0 Å². The molecule has 2 aromatic rings. The first-order valence-electron chi connectivity index (χ1n) is 5.25. The second kappa shape index (κ2) is 6.33. The van der Waals surface area contributed by atoms with Gasteiger partial charge in [-0.05, 0) is 17.7 Å². The molecule has 1 aromatic carbocycles. The summed E-state index contributed by atoms with van der Waals surface area (Å²) in [6.07, 6.45) is 1.80. The molecule has 0 aliphatic rings. The third-order valence-electron chi connectivity index (χ3n) is 2.55. The van der Waals surface area contributed by atoms with E-state index in [9.17, 15) is 0 Å². The molecule has 6 heteroatoms. The molecule has 0 N–H and O–H groups in total. The smallest absolute Gasteiger partial charge is 0.168 e.